The molecular weight excluding hydrogens is 311 g/mol. The Hall–Kier alpha value is -2.64. The first-order chi connectivity index (χ1) is 10.9. The Balaban J connectivity index is 1.67. The predicted molar refractivity (Wildman–Crippen MR) is 72.6 cm³/mol. The predicted octanol–water partition coefficient (Wildman–Crippen LogP) is 3.57. The van der Waals surface area contributed by atoms with Crippen molar-refractivity contribution in [2.45, 2.75) is 25.9 Å². The molecule has 0 fully saturated rings. The number of rotatable bonds is 4. The Morgan fingerprint density at radius 1 is 1.00 bits per heavy atom. The molecule has 2 heterocycles. The van der Waals surface area contributed by atoms with Crippen molar-refractivity contribution in [3.8, 4) is 0 Å². The van der Waals surface area contributed by atoms with Crippen LogP contribution in [0.4, 0.5) is 13.2 Å². The maximum absolute atomic E-state index is 12.5. The molecule has 0 atom stereocenters. The lowest BCUT2D eigenvalue weighted by atomic mass is 10.1. The summed E-state index contributed by atoms with van der Waals surface area (Å²) in [5, 5.41) is 7.65. The molecule has 2 aromatic heterocycles. The van der Waals surface area contributed by atoms with Gasteiger partial charge in [-0.3, -0.25) is 0 Å². The molecular formula is C15H12F3N3O2. The van der Waals surface area contributed by atoms with Crippen LogP contribution in [0.1, 0.15) is 34.3 Å². The van der Waals surface area contributed by atoms with Crippen LogP contribution in [-0.2, 0) is 19.0 Å². The molecule has 0 bridgehead atoms. The Morgan fingerprint density at radius 2 is 1.74 bits per heavy atom. The van der Waals surface area contributed by atoms with Crippen molar-refractivity contribution in [2.24, 2.45) is 0 Å². The van der Waals surface area contributed by atoms with Crippen LogP contribution in [0.2, 0.25) is 0 Å². The smallest absolute Gasteiger partial charge is 0.361 e. The molecule has 0 aliphatic rings. The van der Waals surface area contributed by atoms with Crippen LogP contribution in [0, 0.1) is 6.92 Å². The Labute approximate surface area is 129 Å². The van der Waals surface area contributed by atoms with Crippen molar-refractivity contribution < 1.29 is 22.2 Å². The lowest BCUT2D eigenvalue weighted by molar-refractivity contribution is -0.137. The highest BCUT2D eigenvalue weighted by Gasteiger charge is 2.29. The van der Waals surface area contributed by atoms with Gasteiger partial charge in [0.2, 0.25) is 5.89 Å². The number of nitrogens with zero attached hydrogens (tertiary/aromatic N) is 3. The van der Waals surface area contributed by atoms with Crippen LogP contribution in [0.15, 0.2) is 39.4 Å². The number of aryl methyl sites for hydroxylation is 1. The summed E-state index contributed by atoms with van der Waals surface area (Å²) in [6.07, 6.45) is -3.70. The minimum absolute atomic E-state index is 0.291. The minimum atomic E-state index is -4.34. The van der Waals surface area contributed by atoms with Crippen molar-refractivity contribution >= 4 is 0 Å². The fraction of sp³-hybridized carbons (Fsp3) is 0.267. The summed E-state index contributed by atoms with van der Waals surface area (Å²) >= 11 is 0. The summed E-state index contributed by atoms with van der Waals surface area (Å²) in [5.74, 6) is 1.46. The fourth-order valence-electron chi connectivity index (χ4n) is 2.08. The molecule has 120 valence electrons. The van der Waals surface area contributed by atoms with E-state index in [1.54, 1.807) is 13.0 Å². The molecule has 0 saturated carbocycles. The molecule has 0 saturated heterocycles. The first kappa shape index (κ1) is 15.3. The summed E-state index contributed by atoms with van der Waals surface area (Å²) in [4.78, 5) is 4.20. The standard InChI is InChI=1S/C15H12F3N3O2/c1-9-6-12(20-22-9)8-14-19-13(21-23-14)7-10-2-4-11(5-3-10)15(16,17)18/h2-6H,7-8H2,1H3. The van der Waals surface area contributed by atoms with Gasteiger partial charge in [-0.2, -0.15) is 18.2 Å². The second kappa shape index (κ2) is 5.86. The summed E-state index contributed by atoms with van der Waals surface area (Å²) in [6, 6.07) is 6.64. The van der Waals surface area contributed by atoms with Gasteiger partial charge in [0.15, 0.2) is 5.82 Å². The van der Waals surface area contributed by atoms with Gasteiger partial charge >= 0.3 is 6.18 Å². The molecule has 0 amide bonds. The van der Waals surface area contributed by atoms with Crippen LogP contribution in [0.5, 0.6) is 0 Å². The van der Waals surface area contributed by atoms with Crippen LogP contribution in [0.25, 0.3) is 0 Å². The number of alkyl halides is 3. The van der Waals surface area contributed by atoms with E-state index < -0.39 is 11.7 Å². The van der Waals surface area contributed by atoms with E-state index in [9.17, 15) is 13.2 Å². The highest BCUT2D eigenvalue weighted by molar-refractivity contribution is 5.26. The molecule has 0 unspecified atom stereocenters. The second-order valence-corrected chi connectivity index (χ2v) is 5.08. The van der Waals surface area contributed by atoms with E-state index in [1.807, 2.05) is 0 Å². The fourth-order valence-corrected chi connectivity index (χ4v) is 2.08. The first-order valence-corrected chi connectivity index (χ1v) is 6.80. The van der Waals surface area contributed by atoms with E-state index in [1.165, 1.54) is 12.1 Å². The van der Waals surface area contributed by atoms with Gasteiger partial charge in [0.25, 0.3) is 0 Å². The zero-order chi connectivity index (χ0) is 16.4. The number of hydrogen-bond donors (Lipinski definition) is 0. The summed E-state index contributed by atoms with van der Waals surface area (Å²) in [6.45, 7) is 1.78. The lowest BCUT2D eigenvalue weighted by Gasteiger charge is -2.06. The molecule has 3 rings (SSSR count). The van der Waals surface area contributed by atoms with Crippen molar-refractivity contribution in [3.63, 3.8) is 0 Å². The molecule has 3 aromatic rings. The number of aromatic nitrogens is 3. The highest BCUT2D eigenvalue weighted by atomic mass is 19.4. The summed E-state index contributed by atoms with van der Waals surface area (Å²) in [5.41, 5.74) is 0.659. The SMILES string of the molecule is Cc1cc(Cc2nc(Cc3ccc(C(F)(F)F)cc3)no2)no1. The average Bonchev–Trinajstić information content (AvgIpc) is 3.08. The Morgan fingerprint density at radius 3 is 2.35 bits per heavy atom. The molecule has 0 aliphatic heterocycles. The van der Waals surface area contributed by atoms with Gasteiger partial charge in [0.05, 0.1) is 17.7 Å². The largest absolute Gasteiger partial charge is 0.416 e. The topological polar surface area (TPSA) is 65.0 Å². The zero-order valence-electron chi connectivity index (χ0n) is 12.1. The van der Waals surface area contributed by atoms with E-state index in [2.05, 4.69) is 15.3 Å². The van der Waals surface area contributed by atoms with Crippen molar-refractivity contribution in [1.29, 1.82) is 0 Å². The number of hydrogen-bond acceptors (Lipinski definition) is 5. The minimum Gasteiger partial charge on any atom is -0.361 e. The summed E-state index contributed by atoms with van der Waals surface area (Å²) in [7, 11) is 0. The van der Waals surface area contributed by atoms with Gasteiger partial charge in [0, 0.05) is 12.5 Å². The quantitative estimate of drug-likeness (QED) is 0.734. The zero-order valence-corrected chi connectivity index (χ0v) is 12.1. The van der Waals surface area contributed by atoms with Crippen LogP contribution in [-0.4, -0.2) is 15.3 Å². The van der Waals surface area contributed by atoms with Crippen molar-refractivity contribution in [2.75, 3.05) is 0 Å². The molecule has 0 radical (unpaired) electrons. The van der Waals surface area contributed by atoms with E-state index in [0.29, 0.717) is 41.6 Å². The third kappa shape index (κ3) is 3.77. The normalized spacial score (nSPS) is 11.8. The van der Waals surface area contributed by atoms with E-state index in [0.717, 1.165) is 12.1 Å². The van der Waals surface area contributed by atoms with Gasteiger partial charge in [-0.15, -0.1) is 0 Å². The Kier molecular flexibility index (Phi) is 3.89. The molecule has 0 N–H and O–H groups in total. The lowest BCUT2D eigenvalue weighted by Crippen LogP contribution is -2.04. The van der Waals surface area contributed by atoms with E-state index in [-0.39, 0.29) is 0 Å². The second-order valence-electron chi connectivity index (χ2n) is 5.08. The maximum atomic E-state index is 12.5. The van der Waals surface area contributed by atoms with Crippen molar-refractivity contribution in [1.82, 2.24) is 15.3 Å². The molecule has 8 heteroatoms. The highest BCUT2D eigenvalue weighted by Crippen LogP contribution is 2.29. The van der Waals surface area contributed by atoms with E-state index >= 15 is 0 Å². The first-order valence-electron chi connectivity index (χ1n) is 6.80. The molecule has 0 spiro atoms. The van der Waals surface area contributed by atoms with Gasteiger partial charge in [0.1, 0.15) is 5.76 Å². The molecule has 5 nitrogen and oxygen atoms in total. The average molecular weight is 323 g/mol. The molecule has 23 heavy (non-hydrogen) atoms. The van der Waals surface area contributed by atoms with Gasteiger partial charge in [-0.05, 0) is 24.6 Å². The van der Waals surface area contributed by atoms with Crippen LogP contribution >= 0.6 is 0 Å². The third-order valence-electron chi connectivity index (χ3n) is 3.16. The van der Waals surface area contributed by atoms with Crippen LogP contribution in [0.3, 0.4) is 0 Å². The van der Waals surface area contributed by atoms with Crippen molar-refractivity contribution in [3.05, 3.63) is 64.6 Å². The van der Waals surface area contributed by atoms with Crippen LogP contribution < -0.4 is 0 Å². The summed E-state index contributed by atoms with van der Waals surface area (Å²) < 4.78 is 47.6. The monoisotopic (exact) mass is 323 g/mol. The molecule has 0 aliphatic carbocycles. The van der Waals surface area contributed by atoms with E-state index in [4.69, 9.17) is 9.05 Å². The van der Waals surface area contributed by atoms with Gasteiger partial charge in [-0.25, -0.2) is 0 Å². The molecule has 1 aromatic carbocycles. The Bertz CT molecular complexity index is 791. The van der Waals surface area contributed by atoms with Gasteiger partial charge < -0.3 is 9.05 Å². The van der Waals surface area contributed by atoms with Gasteiger partial charge in [-0.1, -0.05) is 22.4 Å². The number of benzene rings is 1. The maximum Gasteiger partial charge on any atom is 0.416 e. The third-order valence-corrected chi connectivity index (χ3v) is 3.16. The number of halogens is 3.